The highest BCUT2D eigenvalue weighted by atomic mass is 19.3. The Morgan fingerprint density at radius 1 is 1.06 bits per heavy atom. The number of halogens is 2. The van der Waals surface area contributed by atoms with Gasteiger partial charge in [-0.05, 0) is 23.3 Å². The molecule has 0 spiro atoms. The van der Waals surface area contributed by atoms with E-state index in [2.05, 4.69) is 37.4 Å². The van der Waals surface area contributed by atoms with Gasteiger partial charge in [-0.3, -0.25) is 9.89 Å². The van der Waals surface area contributed by atoms with E-state index in [1.807, 2.05) is 12.1 Å². The predicted octanol–water partition coefficient (Wildman–Crippen LogP) is 2.99. The second kappa shape index (κ2) is 12.2. The Kier molecular flexibility index (Phi) is 9.06. The van der Waals surface area contributed by atoms with E-state index in [9.17, 15) is 8.78 Å². The molecular formula is C23H30F2N4O3. The normalized spacial score (nSPS) is 15.0. The zero-order chi connectivity index (χ0) is 22.8. The summed E-state index contributed by atoms with van der Waals surface area (Å²) in [6.45, 7) is 2.18. The van der Waals surface area contributed by atoms with Gasteiger partial charge in [-0.2, -0.15) is 8.78 Å². The second-order valence-corrected chi connectivity index (χ2v) is 7.29. The molecular weight excluding hydrogens is 418 g/mol. The summed E-state index contributed by atoms with van der Waals surface area (Å²) in [5.41, 5.74) is 3.00. The number of hydrogen-bond acceptors (Lipinski definition) is 5. The molecule has 7 nitrogen and oxygen atoms in total. The van der Waals surface area contributed by atoms with Crippen LogP contribution >= 0.6 is 0 Å². The Balaban J connectivity index is 1.59. The molecule has 174 valence electrons. The lowest BCUT2D eigenvalue weighted by Crippen LogP contribution is -2.37. The Morgan fingerprint density at radius 3 is 2.41 bits per heavy atom. The van der Waals surface area contributed by atoms with Gasteiger partial charge in [0, 0.05) is 51.4 Å². The molecule has 2 aromatic carbocycles. The number of guanidine groups is 1. The number of nitrogens with zero attached hydrogens (tertiary/aromatic N) is 2. The number of hydrogen-bond donors (Lipinski definition) is 2. The van der Waals surface area contributed by atoms with Gasteiger partial charge < -0.3 is 24.8 Å². The molecule has 0 saturated carbocycles. The fourth-order valence-electron chi connectivity index (χ4n) is 3.48. The molecule has 2 aromatic rings. The van der Waals surface area contributed by atoms with E-state index in [-0.39, 0.29) is 12.3 Å². The Morgan fingerprint density at radius 2 is 1.75 bits per heavy atom. The first-order valence-corrected chi connectivity index (χ1v) is 10.5. The topological polar surface area (TPSA) is 67.4 Å². The molecule has 32 heavy (non-hydrogen) atoms. The highest BCUT2D eigenvalue weighted by Gasteiger charge is 2.14. The SMILES string of the molecule is CN=C(NCc1ccccc1CN1CCOCC1)NCc1ccc(OC)cc1OC(F)F. The fourth-order valence-corrected chi connectivity index (χ4v) is 3.48. The molecule has 1 heterocycles. The first kappa shape index (κ1) is 23.7. The summed E-state index contributed by atoms with van der Waals surface area (Å²) in [6, 6.07) is 13.1. The van der Waals surface area contributed by atoms with Crippen molar-refractivity contribution >= 4 is 5.96 Å². The predicted molar refractivity (Wildman–Crippen MR) is 119 cm³/mol. The largest absolute Gasteiger partial charge is 0.497 e. The van der Waals surface area contributed by atoms with Crippen LogP contribution in [0, 0.1) is 0 Å². The zero-order valence-corrected chi connectivity index (χ0v) is 18.4. The summed E-state index contributed by atoms with van der Waals surface area (Å²) in [6.07, 6.45) is 0. The lowest BCUT2D eigenvalue weighted by molar-refractivity contribution is -0.0505. The fraction of sp³-hybridized carbons (Fsp3) is 0.435. The van der Waals surface area contributed by atoms with Gasteiger partial charge in [0.25, 0.3) is 0 Å². The van der Waals surface area contributed by atoms with Gasteiger partial charge in [0.05, 0.1) is 20.3 Å². The summed E-state index contributed by atoms with van der Waals surface area (Å²) in [4.78, 5) is 6.62. The van der Waals surface area contributed by atoms with Gasteiger partial charge in [-0.25, -0.2) is 0 Å². The maximum Gasteiger partial charge on any atom is 0.387 e. The van der Waals surface area contributed by atoms with Crippen molar-refractivity contribution in [3.63, 3.8) is 0 Å². The first-order valence-electron chi connectivity index (χ1n) is 10.5. The van der Waals surface area contributed by atoms with Crippen LogP contribution in [0.1, 0.15) is 16.7 Å². The van der Waals surface area contributed by atoms with E-state index < -0.39 is 6.61 Å². The summed E-state index contributed by atoms with van der Waals surface area (Å²) < 4.78 is 40.7. The molecule has 1 fully saturated rings. The van der Waals surface area contributed by atoms with E-state index in [0.717, 1.165) is 32.8 Å². The van der Waals surface area contributed by atoms with E-state index in [4.69, 9.17) is 9.47 Å². The molecule has 0 atom stereocenters. The van der Waals surface area contributed by atoms with Crippen LogP contribution in [0.15, 0.2) is 47.5 Å². The van der Waals surface area contributed by atoms with Crippen molar-refractivity contribution in [2.45, 2.75) is 26.2 Å². The molecule has 1 saturated heterocycles. The molecule has 0 amide bonds. The maximum atomic E-state index is 12.8. The van der Waals surface area contributed by atoms with Gasteiger partial charge >= 0.3 is 6.61 Å². The zero-order valence-electron chi connectivity index (χ0n) is 18.4. The van der Waals surface area contributed by atoms with Crippen molar-refractivity contribution in [3.8, 4) is 11.5 Å². The molecule has 9 heteroatoms. The van der Waals surface area contributed by atoms with E-state index in [0.29, 0.717) is 23.8 Å². The standard InChI is InChI=1S/C23H30F2N4O3/c1-26-23(28-15-18-7-8-20(30-2)13-21(18)32-22(24)25)27-14-17-5-3-4-6-19(17)16-29-9-11-31-12-10-29/h3-8,13,22H,9-12,14-16H2,1-2H3,(H2,26,27,28). The molecule has 0 aliphatic carbocycles. The number of benzene rings is 2. The van der Waals surface area contributed by atoms with Crippen molar-refractivity contribution in [2.24, 2.45) is 4.99 Å². The summed E-state index contributed by atoms with van der Waals surface area (Å²) in [7, 11) is 3.14. The van der Waals surface area contributed by atoms with Crippen LogP contribution < -0.4 is 20.1 Å². The minimum atomic E-state index is -2.92. The summed E-state index contributed by atoms with van der Waals surface area (Å²) in [5.74, 6) is 1.08. The summed E-state index contributed by atoms with van der Waals surface area (Å²) >= 11 is 0. The van der Waals surface area contributed by atoms with Crippen LogP contribution in [-0.4, -0.2) is 57.9 Å². The van der Waals surface area contributed by atoms with E-state index >= 15 is 0 Å². The number of rotatable bonds is 9. The van der Waals surface area contributed by atoms with Gasteiger partial charge in [-0.1, -0.05) is 24.3 Å². The molecule has 0 bridgehead atoms. The van der Waals surface area contributed by atoms with Gasteiger partial charge in [-0.15, -0.1) is 0 Å². The summed E-state index contributed by atoms with van der Waals surface area (Å²) in [5, 5.41) is 6.45. The van der Waals surface area contributed by atoms with Crippen molar-refractivity contribution in [1.29, 1.82) is 0 Å². The first-order chi connectivity index (χ1) is 15.6. The minimum Gasteiger partial charge on any atom is -0.497 e. The van der Waals surface area contributed by atoms with Crippen LogP contribution in [0.5, 0.6) is 11.5 Å². The van der Waals surface area contributed by atoms with Crippen LogP contribution in [0.4, 0.5) is 8.78 Å². The average Bonchev–Trinajstić information content (AvgIpc) is 2.81. The number of nitrogens with one attached hydrogen (secondary N) is 2. The van der Waals surface area contributed by atoms with Crippen LogP contribution in [0.25, 0.3) is 0 Å². The van der Waals surface area contributed by atoms with Gasteiger partial charge in [0.15, 0.2) is 5.96 Å². The van der Waals surface area contributed by atoms with Crippen molar-refractivity contribution < 1.29 is 23.0 Å². The number of morpholine rings is 1. The molecule has 0 aromatic heterocycles. The Hall–Kier alpha value is -2.91. The Bertz CT molecular complexity index is 889. The number of ether oxygens (including phenoxy) is 3. The molecule has 1 aliphatic heterocycles. The molecule has 2 N–H and O–H groups in total. The molecule has 0 unspecified atom stereocenters. The lowest BCUT2D eigenvalue weighted by Gasteiger charge is -2.27. The second-order valence-electron chi connectivity index (χ2n) is 7.29. The maximum absolute atomic E-state index is 12.8. The third-order valence-corrected chi connectivity index (χ3v) is 5.22. The quantitative estimate of drug-likeness (QED) is 0.454. The van der Waals surface area contributed by atoms with Gasteiger partial charge in [0.1, 0.15) is 11.5 Å². The van der Waals surface area contributed by atoms with Gasteiger partial charge in [0.2, 0.25) is 0 Å². The number of alkyl halides is 2. The average molecular weight is 449 g/mol. The number of methoxy groups -OCH3 is 1. The molecule has 3 rings (SSSR count). The van der Waals surface area contributed by atoms with E-state index in [1.54, 1.807) is 19.2 Å². The highest BCUT2D eigenvalue weighted by Crippen LogP contribution is 2.26. The van der Waals surface area contributed by atoms with Crippen molar-refractivity contribution in [2.75, 3.05) is 40.5 Å². The molecule has 1 aliphatic rings. The van der Waals surface area contributed by atoms with Crippen LogP contribution in [0.2, 0.25) is 0 Å². The Labute approximate surface area is 187 Å². The highest BCUT2D eigenvalue weighted by molar-refractivity contribution is 5.79. The van der Waals surface area contributed by atoms with Crippen molar-refractivity contribution in [1.82, 2.24) is 15.5 Å². The van der Waals surface area contributed by atoms with Crippen LogP contribution in [0.3, 0.4) is 0 Å². The lowest BCUT2D eigenvalue weighted by atomic mass is 10.1. The smallest absolute Gasteiger partial charge is 0.387 e. The number of aliphatic imine (C=N–C) groups is 1. The monoisotopic (exact) mass is 448 g/mol. The molecule has 0 radical (unpaired) electrons. The van der Waals surface area contributed by atoms with E-state index in [1.165, 1.54) is 24.3 Å². The third kappa shape index (κ3) is 7.06. The minimum absolute atomic E-state index is 0.0677. The third-order valence-electron chi connectivity index (χ3n) is 5.22. The van der Waals surface area contributed by atoms with Crippen molar-refractivity contribution in [3.05, 3.63) is 59.2 Å². The van der Waals surface area contributed by atoms with Crippen LogP contribution in [-0.2, 0) is 24.4 Å².